The van der Waals surface area contributed by atoms with Crippen molar-refractivity contribution >= 4 is 11.7 Å². The predicted octanol–water partition coefficient (Wildman–Crippen LogP) is 0.812. The molecule has 0 aliphatic rings. The number of ether oxygens (including phenoxy) is 1. The van der Waals surface area contributed by atoms with Gasteiger partial charge in [-0.15, -0.1) is 0 Å². The molecule has 1 rings (SSSR count). The lowest BCUT2D eigenvalue weighted by molar-refractivity contribution is -0.385. The van der Waals surface area contributed by atoms with Crippen molar-refractivity contribution < 1.29 is 14.5 Å². The van der Waals surface area contributed by atoms with Crippen molar-refractivity contribution in [1.82, 2.24) is 0 Å². The summed E-state index contributed by atoms with van der Waals surface area (Å²) >= 11 is 0. The second-order valence-electron chi connectivity index (χ2n) is 3.51. The summed E-state index contributed by atoms with van der Waals surface area (Å²) in [4.78, 5) is 21.4. The third-order valence-electron chi connectivity index (χ3n) is 2.34. The van der Waals surface area contributed by atoms with Crippen LogP contribution in [-0.2, 0) is 22.4 Å². The normalized spacial score (nSPS) is 10.0. The van der Waals surface area contributed by atoms with E-state index in [9.17, 15) is 14.9 Å². The lowest BCUT2D eigenvalue weighted by atomic mass is 10.0. The van der Waals surface area contributed by atoms with Crippen molar-refractivity contribution in [3.8, 4) is 0 Å². The maximum atomic E-state index is 11.2. The van der Waals surface area contributed by atoms with Crippen LogP contribution in [0.1, 0.15) is 11.1 Å². The number of carbonyl (C=O) groups is 1. The maximum Gasteiger partial charge on any atom is 0.310 e. The van der Waals surface area contributed by atoms with Gasteiger partial charge in [0.2, 0.25) is 0 Å². The number of hydrogen-bond acceptors (Lipinski definition) is 5. The monoisotopic (exact) mass is 238 g/mol. The van der Waals surface area contributed by atoms with E-state index < -0.39 is 10.9 Å². The summed E-state index contributed by atoms with van der Waals surface area (Å²) in [6.07, 6.45) is 0.511. The first kappa shape index (κ1) is 13.1. The first-order chi connectivity index (χ1) is 8.08. The van der Waals surface area contributed by atoms with Crippen LogP contribution in [-0.4, -0.2) is 24.5 Å². The topological polar surface area (TPSA) is 95.5 Å². The van der Waals surface area contributed by atoms with Crippen molar-refractivity contribution in [3.05, 3.63) is 39.4 Å². The lowest BCUT2D eigenvalue weighted by Gasteiger charge is -2.05. The molecule has 0 radical (unpaired) electrons. The standard InChI is InChI=1S/C11H14N2O4/c1-17-11(14)7-9-6-8(4-5-12)2-3-10(9)13(15)16/h2-3,6H,4-5,7,12H2,1H3. The number of nitro benzene ring substituents is 1. The number of nitrogens with two attached hydrogens (primary N) is 1. The molecular weight excluding hydrogens is 224 g/mol. The van der Waals surface area contributed by atoms with Crippen molar-refractivity contribution in [2.75, 3.05) is 13.7 Å². The lowest BCUT2D eigenvalue weighted by Crippen LogP contribution is -2.08. The van der Waals surface area contributed by atoms with Crippen LogP contribution in [0.3, 0.4) is 0 Å². The first-order valence-electron chi connectivity index (χ1n) is 5.11. The van der Waals surface area contributed by atoms with Gasteiger partial charge in [0.25, 0.3) is 5.69 Å². The summed E-state index contributed by atoms with van der Waals surface area (Å²) < 4.78 is 4.50. The molecule has 0 saturated heterocycles. The molecule has 92 valence electrons. The van der Waals surface area contributed by atoms with Gasteiger partial charge in [0.1, 0.15) is 0 Å². The van der Waals surface area contributed by atoms with E-state index in [0.29, 0.717) is 18.5 Å². The van der Waals surface area contributed by atoms with Crippen LogP contribution >= 0.6 is 0 Å². The van der Waals surface area contributed by atoms with Gasteiger partial charge in [-0.2, -0.15) is 0 Å². The quantitative estimate of drug-likeness (QED) is 0.465. The minimum absolute atomic E-state index is 0.0730. The highest BCUT2D eigenvalue weighted by Gasteiger charge is 2.17. The van der Waals surface area contributed by atoms with E-state index in [1.807, 2.05) is 0 Å². The molecule has 17 heavy (non-hydrogen) atoms. The van der Waals surface area contributed by atoms with E-state index >= 15 is 0 Å². The van der Waals surface area contributed by atoms with Crippen LogP contribution in [0.25, 0.3) is 0 Å². The molecule has 6 nitrogen and oxygen atoms in total. The zero-order chi connectivity index (χ0) is 12.8. The Bertz CT molecular complexity index is 431. The molecule has 0 atom stereocenters. The SMILES string of the molecule is COC(=O)Cc1cc(CCN)ccc1[N+](=O)[O-]. The second kappa shape index (κ2) is 5.95. The third-order valence-corrected chi connectivity index (χ3v) is 2.34. The smallest absolute Gasteiger partial charge is 0.310 e. The van der Waals surface area contributed by atoms with Crippen LogP contribution in [0.4, 0.5) is 5.69 Å². The van der Waals surface area contributed by atoms with Gasteiger partial charge in [-0.25, -0.2) is 0 Å². The van der Waals surface area contributed by atoms with E-state index in [2.05, 4.69) is 4.74 Å². The van der Waals surface area contributed by atoms with Crippen molar-refractivity contribution in [1.29, 1.82) is 0 Å². The number of rotatable bonds is 5. The number of benzene rings is 1. The number of methoxy groups -OCH3 is 1. The van der Waals surface area contributed by atoms with E-state index in [1.165, 1.54) is 13.2 Å². The van der Waals surface area contributed by atoms with E-state index in [-0.39, 0.29) is 12.1 Å². The molecule has 0 fully saturated rings. The number of nitrogens with zero attached hydrogens (tertiary/aromatic N) is 1. The Morgan fingerprint density at radius 3 is 2.76 bits per heavy atom. The molecule has 2 N–H and O–H groups in total. The second-order valence-corrected chi connectivity index (χ2v) is 3.51. The van der Waals surface area contributed by atoms with Gasteiger partial charge in [0.15, 0.2) is 0 Å². The summed E-state index contributed by atoms with van der Waals surface area (Å²) in [5, 5.41) is 10.8. The van der Waals surface area contributed by atoms with E-state index in [0.717, 1.165) is 5.56 Å². The molecule has 6 heteroatoms. The molecule has 0 heterocycles. The Balaban J connectivity index is 3.06. The van der Waals surface area contributed by atoms with E-state index in [4.69, 9.17) is 5.73 Å². The average molecular weight is 238 g/mol. The minimum atomic E-state index is -0.509. The van der Waals surface area contributed by atoms with Gasteiger partial charge in [-0.1, -0.05) is 6.07 Å². The predicted molar refractivity (Wildman–Crippen MR) is 61.6 cm³/mol. The molecule has 0 amide bonds. The molecule has 0 aromatic heterocycles. The van der Waals surface area contributed by atoms with Crippen LogP contribution < -0.4 is 5.73 Å². The van der Waals surface area contributed by atoms with Gasteiger partial charge in [0, 0.05) is 11.6 Å². The van der Waals surface area contributed by atoms with Crippen LogP contribution in [0.15, 0.2) is 18.2 Å². The highest BCUT2D eigenvalue weighted by molar-refractivity contribution is 5.74. The van der Waals surface area contributed by atoms with Crippen LogP contribution in [0.5, 0.6) is 0 Å². The van der Waals surface area contributed by atoms with Gasteiger partial charge in [0.05, 0.1) is 18.5 Å². The van der Waals surface area contributed by atoms with Gasteiger partial charge < -0.3 is 10.5 Å². The Hall–Kier alpha value is -1.95. The van der Waals surface area contributed by atoms with Gasteiger partial charge >= 0.3 is 5.97 Å². The molecule has 0 bridgehead atoms. The highest BCUT2D eigenvalue weighted by atomic mass is 16.6. The average Bonchev–Trinajstić information content (AvgIpc) is 2.29. The maximum absolute atomic E-state index is 11.2. The number of carbonyl (C=O) groups excluding carboxylic acids is 1. The Morgan fingerprint density at radius 2 is 2.24 bits per heavy atom. The zero-order valence-electron chi connectivity index (χ0n) is 9.51. The van der Waals surface area contributed by atoms with Crippen molar-refractivity contribution in [2.24, 2.45) is 5.73 Å². The molecule has 0 saturated carbocycles. The third kappa shape index (κ3) is 3.53. The summed E-state index contributed by atoms with van der Waals surface area (Å²) in [5.41, 5.74) is 6.56. The molecule has 1 aromatic carbocycles. The van der Waals surface area contributed by atoms with Crippen molar-refractivity contribution in [2.45, 2.75) is 12.8 Å². The Kier molecular flexibility index (Phi) is 4.59. The molecule has 1 aromatic rings. The summed E-state index contributed by atoms with van der Waals surface area (Å²) in [7, 11) is 1.25. The number of nitro groups is 1. The van der Waals surface area contributed by atoms with Crippen LogP contribution in [0, 0.1) is 10.1 Å². The fraction of sp³-hybridized carbons (Fsp3) is 0.364. The molecular formula is C11H14N2O4. The fourth-order valence-corrected chi connectivity index (χ4v) is 1.51. The molecule has 0 spiro atoms. The Labute approximate surface area is 98.5 Å². The molecule has 0 aliphatic carbocycles. The van der Waals surface area contributed by atoms with Gasteiger partial charge in [-0.05, 0) is 24.6 Å². The molecule has 0 unspecified atom stereocenters. The highest BCUT2D eigenvalue weighted by Crippen LogP contribution is 2.21. The van der Waals surface area contributed by atoms with Gasteiger partial charge in [-0.3, -0.25) is 14.9 Å². The summed E-state index contributed by atoms with van der Waals surface area (Å²) in [5.74, 6) is -0.502. The zero-order valence-corrected chi connectivity index (χ0v) is 9.51. The molecule has 0 aliphatic heterocycles. The van der Waals surface area contributed by atoms with Crippen LogP contribution in [0.2, 0.25) is 0 Å². The van der Waals surface area contributed by atoms with E-state index in [1.54, 1.807) is 12.1 Å². The Morgan fingerprint density at radius 1 is 1.53 bits per heavy atom. The summed E-state index contributed by atoms with van der Waals surface area (Å²) in [6.45, 7) is 0.454. The van der Waals surface area contributed by atoms with Crippen molar-refractivity contribution in [3.63, 3.8) is 0 Å². The summed E-state index contributed by atoms with van der Waals surface area (Å²) in [6, 6.07) is 4.66. The fourth-order valence-electron chi connectivity index (χ4n) is 1.51. The number of hydrogen-bond donors (Lipinski definition) is 1. The number of esters is 1. The largest absolute Gasteiger partial charge is 0.469 e. The minimum Gasteiger partial charge on any atom is -0.469 e. The first-order valence-corrected chi connectivity index (χ1v) is 5.11.